The number of nitrogens with zero attached hydrogens (tertiary/aromatic N) is 2. The molecule has 1 fully saturated rings. The fourth-order valence-corrected chi connectivity index (χ4v) is 6.88. The number of halogens is 1. The van der Waals surface area contributed by atoms with Gasteiger partial charge < -0.3 is 4.90 Å². The number of sulfone groups is 1. The van der Waals surface area contributed by atoms with Gasteiger partial charge in [0.05, 0.1) is 23.6 Å². The number of aryl methyl sites for hydroxylation is 2. The Balaban J connectivity index is 1.65. The summed E-state index contributed by atoms with van der Waals surface area (Å²) in [5.41, 5.74) is 4.50. The third-order valence-electron chi connectivity index (χ3n) is 4.98. The normalized spacial score (nSPS) is 23.4. The Hall–Kier alpha value is -1.50. The molecule has 7 heteroatoms. The molecule has 0 unspecified atom stereocenters. The summed E-state index contributed by atoms with van der Waals surface area (Å²) in [6.45, 7) is 4.13. The summed E-state index contributed by atoms with van der Waals surface area (Å²) >= 11 is 7.73. The van der Waals surface area contributed by atoms with Crippen LogP contribution in [0.15, 0.2) is 47.5 Å². The fourth-order valence-electron chi connectivity index (χ4n) is 3.77. The van der Waals surface area contributed by atoms with Crippen molar-refractivity contribution in [2.45, 2.75) is 31.7 Å². The third-order valence-corrected chi connectivity index (χ3v) is 7.95. The van der Waals surface area contributed by atoms with Gasteiger partial charge >= 0.3 is 0 Å². The summed E-state index contributed by atoms with van der Waals surface area (Å²) < 4.78 is 24.3. The van der Waals surface area contributed by atoms with Crippen LogP contribution in [0.3, 0.4) is 0 Å². The van der Waals surface area contributed by atoms with Gasteiger partial charge in [0.1, 0.15) is 0 Å². The van der Waals surface area contributed by atoms with Gasteiger partial charge in [-0.2, -0.15) is 0 Å². The Bertz CT molecular complexity index is 1020. The van der Waals surface area contributed by atoms with Crippen LogP contribution in [0, 0.1) is 13.8 Å². The Kier molecular flexibility index (Phi) is 4.99. The molecule has 2 heterocycles. The predicted molar refractivity (Wildman–Crippen MR) is 115 cm³/mol. The van der Waals surface area contributed by atoms with Crippen LogP contribution in [0.1, 0.15) is 16.7 Å². The van der Waals surface area contributed by atoms with Gasteiger partial charge in [-0.05, 0) is 43.2 Å². The number of aliphatic imine (C=N–C) groups is 1. The lowest BCUT2D eigenvalue weighted by Crippen LogP contribution is -2.39. The Morgan fingerprint density at radius 2 is 2.00 bits per heavy atom. The molecule has 0 bridgehead atoms. The molecule has 27 heavy (non-hydrogen) atoms. The van der Waals surface area contributed by atoms with Crippen LogP contribution < -0.4 is 4.90 Å². The van der Waals surface area contributed by atoms with Gasteiger partial charge in [0.15, 0.2) is 15.0 Å². The molecule has 0 radical (unpaired) electrons. The molecule has 4 nitrogen and oxygen atoms in total. The lowest BCUT2D eigenvalue weighted by Gasteiger charge is -2.28. The molecule has 0 aliphatic carbocycles. The summed E-state index contributed by atoms with van der Waals surface area (Å²) in [6.07, 6.45) is 0. The molecule has 0 N–H and O–H groups in total. The third kappa shape index (κ3) is 3.89. The zero-order chi connectivity index (χ0) is 19.2. The second-order valence-corrected chi connectivity index (χ2v) is 10.7. The van der Waals surface area contributed by atoms with Crippen molar-refractivity contribution in [1.82, 2.24) is 0 Å². The van der Waals surface area contributed by atoms with Gasteiger partial charge in [-0.15, -0.1) is 0 Å². The summed E-state index contributed by atoms with van der Waals surface area (Å²) in [4.78, 5) is 6.94. The van der Waals surface area contributed by atoms with Gasteiger partial charge in [-0.1, -0.05) is 53.2 Å². The second-order valence-electron chi connectivity index (χ2n) is 7.20. The van der Waals surface area contributed by atoms with Crippen LogP contribution in [-0.2, 0) is 15.6 Å². The zero-order valence-electron chi connectivity index (χ0n) is 15.2. The topological polar surface area (TPSA) is 49.7 Å². The van der Waals surface area contributed by atoms with Crippen molar-refractivity contribution in [3.8, 4) is 0 Å². The van der Waals surface area contributed by atoms with Gasteiger partial charge in [0, 0.05) is 16.5 Å². The molecule has 1 saturated heterocycles. The predicted octanol–water partition coefficient (Wildman–Crippen LogP) is 4.23. The SMILES string of the molecule is Cc1ccc(N2C(SCc3cccc(Cl)c3)=N[C@H]3CS(=O)(=O)C[C@H]32)c(C)c1. The maximum atomic E-state index is 12.2. The van der Waals surface area contributed by atoms with E-state index in [2.05, 4.69) is 36.9 Å². The van der Waals surface area contributed by atoms with Crippen molar-refractivity contribution < 1.29 is 8.42 Å². The van der Waals surface area contributed by atoms with Crippen LogP contribution in [-0.4, -0.2) is 37.2 Å². The van der Waals surface area contributed by atoms with Crippen LogP contribution in [0.25, 0.3) is 0 Å². The highest BCUT2D eigenvalue weighted by molar-refractivity contribution is 8.13. The highest BCUT2D eigenvalue weighted by atomic mass is 35.5. The number of anilines is 1. The highest BCUT2D eigenvalue weighted by Crippen LogP contribution is 2.37. The van der Waals surface area contributed by atoms with E-state index in [0.29, 0.717) is 0 Å². The van der Waals surface area contributed by atoms with E-state index in [4.69, 9.17) is 16.6 Å². The Labute approximate surface area is 169 Å². The van der Waals surface area contributed by atoms with Crippen LogP contribution >= 0.6 is 23.4 Å². The minimum Gasteiger partial charge on any atom is -0.315 e. The van der Waals surface area contributed by atoms with Crippen molar-refractivity contribution in [3.05, 3.63) is 64.2 Å². The highest BCUT2D eigenvalue weighted by Gasteiger charge is 2.47. The minimum atomic E-state index is -3.04. The summed E-state index contributed by atoms with van der Waals surface area (Å²) in [5.74, 6) is 1.04. The number of hydrogen-bond donors (Lipinski definition) is 0. The fraction of sp³-hybridized carbons (Fsp3) is 0.350. The van der Waals surface area contributed by atoms with Crippen molar-refractivity contribution in [3.63, 3.8) is 0 Å². The van der Waals surface area contributed by atoms with Gasteiger partial charge in [0.2, 0.25) is 0 Å². The molecular formula is C20H21ClN2O2S2. The van der Waals surface area contributed by atoms with Crippen molar-refractivity contribution in [2.75, 3.05) is 16.4 Å². The molecule has 4 rings (SSSR count). The van der Waals surface area contributed by atoms with E-state index in [1.54, 1.807) is 11.8 Å². The van der Waals surface area contributed by atoms with Crippen molar-refractivity contribution >= 4 is 44.1 Å². The van der Waals surface area contributed by atoms with Gasteiger partial charge in [0.25, 0.3) is 0 Å². The van der Waals surface area contributed by atoms with E-state index in [9.17, 15) is 8.42 Å². The quantitative estimate of drug-likeness (QED) is 0.745. The average Bonchev–Trinajstić information content (AvgIpc) is 3.05. The van der Waals surface area contributed by atoms with E-state index >= 15 is 0 Å². The zero-order valence-corrected chi connectivity index (χ0v) is 17.6. The first kappa shape index (κ1) is 18.8. The molecule has 2 aromatic carbocycles. The first-order valence-electron chi connectivity index (χ1n) is 8.84. The molecule has 0 amide bonds. The van der Waals surface area contributed by atoms with Gasteiger partial charge in [-0.25, -0.2) is 8.42 Å². The monoisotopic (exact) mass is 420 g/mol. The maximum Gasteiger partial charge on any atom is 0.164 e. The lowest BCUT2D eigenvalue weighted by atomic mass is 10.1. The van der Waals surface area contributed by atoms with E-state index in [0.717, 1.165) is 32.8 Å². The van der Waals surface area contributed by atoms with E-state index in [1.165, 1.54) is 5.56 Å². The second kappa shape index (κ2) is 7.15. The summed E-state index contributed by atoms with van der Waals surface area (Å²) in [5, 5.41) is 1.61. The average molecular weight is 421 g/mol. The standard InChI is InChI=1S/C20H21ClN2O2S2/c1-13-6-7-18(14(2)8-13)23-19-12-27(24,25)11-17(19)22-20(23)26-10-15-4-3-5-16(21)9-15/h3-9,17,19H,10-12H2,1-2H3/t17-,19+/m0/s1. The maximum absolute atomic E-state index is 12.2. The molecule has 0 aromatic heterocycles. The lowest BCUT2D eigenvalue weighted by molar-refractivity contribution is 0.601. The van der Waals surface area contributed by atoms with Crippen LogP contribution in [0.2, 0.25) is 5.02 Å². The van der Waals surface area contributed by atoms with Crippen LogP contribution in [0.4, 0.5) is 5.69 Å². The molecule has 142 valence electrons. The number of rotatable bonds is 3. The molecule has 2 aliphatic rings. The smallest absolute Gasteiger partial charge is 0.164 e. The van der Waals surface area contributed by atoms with E-state index in [-0.39, 0.29) is 23.6 Å². The Morgan fingerprint density at radius 1 is 1.19 bits per heavy atom. The number of benzene rings is 2. The minimum absolute atomic E-state index is 0.113. The van der Waals surface area contributed by atoms with Gasteiger partial charge in [-0.3, -0.25) is 4.99 Å². The first-order valence-corrected chi connectivity index (χ1v) is 12.0. The first-order chi connectivity index (χ1) is 12.8. The molecule has 2 aliphatic heterocycles. The van der Waals surface area contributed by atoms with E-state index < -0.39 is 9.84 Å². The largest absolute Gasteiger partial charge is 0.315 e. The van der Waals surface area contributed by atoms with Crippen LogP contribution in [0.5, 0.6) is 0 Å². The molecule has 2 aromatic rings. The number of thioether (sulfide) groups is 1. The molecule has 2 atom stereocenters. The molecule has 0 spiro atoms. The van der Waals surface area contributed by atoms with E-state index in [1.807, 2.05) is 24.3 Å². The molecular weight excluding hydrogens is 400 g/mol. The molecule has 0 saturated carbocycles. The Morgan fingerprint density at radius 3 is 2.74 bits per heavy atom. The van der Waals surface area contributed by atoms with Crippen molar-refractivity contribution in [1.29, 1.82) is 0 Å². The number of fused-ring (bicyclic) bond motifs is 1. The number of amidine groups is 1. The van der Waals surface area contributed by atoms with Crippen molar-refractivity contribution in [2.24, 2.45) is 4.99 Å². The summed E-state index contributed by atoms with van der Waals surface area (Å²) in [6, 6.07) is 13.8. The summed E-state index contributed by atoms with van der Waals surface area (Å²) in [7, 11) is -3.04. The number of hydrogen-bond acceptors (Lipinski definition) is 5.